The van der Waals surface area contributed by atoms with Gasteiger partial charge in [0, 0.05) is 34.5 Å². The lowest BCUT2D eigenvalue weighted by Crippen LogP contribution is -2.01. The summed E-state index contributed by atoms with van der Waals surface area (Å²) in [5.41, 5.74) is 6.87. The van der Waals surface area contributed by atoms with E-state index >= 15 is 0 Å². The smallest absolute Gasteiger partial charge is 0.138 e. The first-order valence-electron chi connectivity index (χ1n) is 7.75. The molecule has 1 aliphatic heterocycles. The zero-order valence-corrected chi connectivity index (χ0v) is 12.7. The summed E-state index contributed by atoms with van der Waals surface area (Å²) in [6, 6.07) is 17.3. The molecule has 4 aromatic rings. The number of hydrogen-bond acceptors (Lipinski definition) is 3. The number of phenolic OH excluding ortho intramolecular Hbond substituents is 1. The molecule has 24 heavy (non-hydrogen) atoms. The molecule has 0 atom stereocenters. The van der Waals surface area contributed by atoms with Crippen LogP contribution < -0.4 is 0 Å². The summed E-state index contributed by atoms with van der Waals surface area (Å²) in [6.07, 6.45) is 3.78. The van der Waals surface area contributed by atoms with Crippen molar-refractivity contribution >= 4 is 22.4 Å². The monoisotopic (exact) mass is 311 g/mol. The number of benzene rings is 2. The van der Waals surface area contributed by atoms with Gasteiger partial charge in [-0.2, -0.15) is 0 Å². The highest BCUT2D eigenvalue weighted by atomic mass is 16.3. The van der Waals surface area contributed by atoms with E-state index < -0.39 is 0 Å². The average Bonchev–Trinajstić information content (AvgIpc) is 2.98. The molecule has 2 N–H and O–H groups in total. The summed E-state index contributed by atoms with van der Waals surface area (Å²) in [4.78, 5) is 12.6. The van der Waals surface area contributed by atoms with E-state index in [1.807, 2.05) is 48.8 Å². The molecule has 0 fully saturated rings. The molecule has 4 heteroatoms. The van der Waals surface area contributed by atoms with Crippen molar-refractivity contribution in [3.05, 3.63) is 78.1 Å². The van der Waals surface area contributed by atoms with Gasteiger partial charge >= 0.3 is 0 Å². The molecule has 0 bridgehead atoms. The Hall–Kier alpha value is -3.40. The van der Waals surface area contributed by atoms with Crippen molar-refractivity contribution in [3.63, 3.8) is 0 Å². The quantitative estimate of drug-likeness (QED) is 0.481. The fourth-order valence-corrected chi connectivity index (χ4v) is 3.29. The van der Waals surface area contributed by atoms with Crippen LogP contribution in [0.5, 0.6) is 5.75 Å². The summed E-state index contributed by atoms with van der Waals surface area (Å²) in [5.74, 6) is 0.245. The van der Waals surface area contributed by atoms with E-state index in [1.165, 1.54) is 0 Å². The molecular weight excluding hydrogens is 298 g/mol. The van der Waals surface area contributed by atoms with Crippen LogP contribution >= 0.6 is 0 Å². The van der Waals surface area contributed by atoms with Gasteiger partial charge in [0.25, 0.3) is 0 Å². The molecule has 3 heterocycles. The largest absolute Gasteiger partial charge is 0.508 e. The SMILES string of the molecule is Oc1ccc(C2=Nc3ccccc3-c3ccnc4[nH]cc2c34)cc1. The van der Waals surface area contributed by atoms with Gasteiger partial charge in [0.15, 0.2) is 0 Å². The molecule has 0 spiro atoms. The molecule has 1 aliphatic rings. The van der Waals surface area contributed by atoms with Gasteiger partial charge in [-0.1, -0.05) is 18.2 Å². The maximum absolute atomic E-state index is 9.58. The molecule has 5 rings (SSSR count). The molecule has 114 valence electrons. The predicted octanol–water partition coefficient (Wildman–Crippen LogP) is 4.42. The number of hydrogen-bond donors (Lipinski definition) is 2. The minimum atomic E-state index is 0.245. The molecular formula is C20H13N3O. The number of pyridine rings is 1. The van der Waals surface area contributed by atoms with Gasteiger partial charge in [-0.05, 0) is 42.0 Å². The second-order valence-corrected chi connectivity index (χ2v) is 5.81. The highest BCUT2D eigenvalue weighted by Crippen LogP contribution is 2.40. The minimum absolute atomic E-state index is 0.245. The molecule has 0 unspecified atom stereocenters. The van der Waals surface area contributed by atoms with Crippen LogP contribution in [-0.4, -0.2) is 20.8 Å². The number of aliphatic imine (C=N–C) groups is 1. The Morgan fingerprint density at radius 1 is 0.833 bits per heavy atom. The number of nitrogens with zero attached hydrogens (tertiary/aromatic N) is 2. The van der Waals surface area contributed by atoms with E-state index in [4.69, 9.17) is 4.99 Å². The van der Waals surface area contributed by atoms with Crippen LogP contribution in [0, 0.1) is 0 Å². The summed E-state index contributed by atoms with van der Waals surface area (Å²) in [5, 5.41) is 10.7. The molecule has 0 amide bonds. The number of H-pyrrole nitrogens is 1. The highest BCUT2D eigenvalue weighted by Gasteiger charge is 2.21. The number of aromatic hydroxyl groups is 1. The number of nitrogens with one attached hydrogen (secondary N) is 1. The molecule has 4 nitrogen and oxygen atoms in total. The van der Waals surface area contributed by atoms with Gasteiger partial charge in [-0.15, -0.1) is 0 Å². The van der Waals surface area contributed by atoms with Crippen LogP contribution in [0.4, 0.5) is 5.69 Å². The number of para-hydroxylation sites is 1. The number of fused-ring (bicyclic) bond motifs is 2. The summed E-state index contributed by atoms with van der Waals surface area (Å²) in [6.45, 7) is 0. The van der Waals surface area contributed by atoms with E-state index in [9.17, 15) is 5.11 Å². The van der Waals surface area contributed by atoms with Crippen LogP contribution in [0.1, 0.15) is 11.1 Å². The van der Waals surface area contributed by atoms with Crippen molar-refractivity contribution in [1.82, 2.24) is 9.97 Å². The Bertz CT molecular complexity index is 1110. The summed E-state index contributed by atoms with van der Waals surface area (Å²) in [7, 11) is 0. The predicted molar refractivity (Wildman–Crippen MR) is 94.9 cm³/mol. The third-order valence-corrected chi connectivity index (χ3v) is 4.40. The number of aromatic amines is 1. The van der Waals surface area contributed by atoms with Crippen LogP contribution in [0.15, 0.2) is 72.0 Å². The first-order valence-corrected chi connectivity index (χ1v) is 7.75. The summed E-state index contributed by atoms with van der Waals surface area (Å²) < 4.78 is 0. The lowest BCUT2D eigenvalue weighted by molar-refractivity contribution is 0.475. The second kappa shape index (κ2) is 4.80. The van der Waals surface area contributed by atoms with E-state index in [-0.39, 0.29) is 5.75 Å². The van der Waals surface area contributed by atoms with Crippen molar-refractivity contribution in [2.24, 2.45) is 4.99 Å². The van der Waals surface area contributed by atoms with Crippen LogP contribution in [0.25, 0.3) is 22.2 Å². The standard InChI is InChI=1S/C20H13N3O/c24-13-7-5-12(6-8-13)19-16-11-22-20-18(16)15(9-10-21-20)14-3-1-2-4-17(14)23-19/h1-11,24H,(H,21,22). The van der Waals surface area contributed by atoms with Gasteiger partial charge < -0.3 is 10.1 Å². The Labute approximate surface area is 138 Å². The number of aromatic nitrogens is 2. The first kappa shape index (κ1) is 13.1. The Morgan fingerprint density at radius 3 is 2.54 bits per heavy atom. The first-order chi connectivity index (χ1) is 11.8. The van der Waals surface area contributed by atoms with Crippen molar-refractivity contribution in [2.45, 2.75) is 0 Å². The van der Waals surface area contributed by atoms with E-state index in [0.29, 0.717) is 0 Å². The maximum Gasteiger partial charge on any atom is 0.138 e. The zero-order valence-electron chi connectivity index (χ0n) is 12.7. The van der Waals surface area contributed by atoms with Gasteiger partial charge in [0.2, 0.25) is 0 Å². The van der Waals surface area contributed by atoms with Gasteiger partial charge in [-0.25, -0.2) is 9.98 Å². The van der Waals surface area contributed by atoms with Crippen molar-refractivity contribution in [2.75, 3.05) is 0 Å². The molecule has 0 saturated heterocycles. The van der Waals surface area contributed by atoms with E-state index in [2.05, 4.69) is 16.0 Å². The third kappa shape index (κ3) is 1.80. The number of rotatable bonds is 1. The fourth-order valence-electron chi connectivity index (χ4n) is 3.29. The average molecular weight is 311 g/mol. The molecule has 2 aromatic carbocycles. The van der Waals surface area contributed by atoms with Gasteiger partial charge in [-0.3, -0.25) is 0 Å². The maximum atomic E-state index is 9.58. The number of phenols is 1. The Balaban J connectivity index is 1.91. The molecule has 0 radical (unpaired) electrons. The lowest BCUT2D eigenvalue weighted by atomic mass is 9.98. The minimum Gasteiger partial charge on any atom is -0.508 e. The Kier molecular flexibility index (Phi) is 2.61. The summed E-state index contributed by atoms with van der Waals surface area (Å²) >= 11 is 0. The lowest BCUT2D eigenvalue weighted by Gasteiger charge is -2.05. The topological polar surface area (TPSA) is 61.3 Å². The van der Waals surface area contributed by atoms with Crippen LogP contribution in [0.2, 0.25) is 0 Å². The van der Waals surface area contributed by atoms with Crippen molar-refractivity contribution < 1.29 is 5.11 Å². The Morgan fingerprint density at radius 2 is 1.67 bits per heavy atom. The zero-order chi connectivity index (χ0) is 16.1. The van der Waals surface area contributed by atoms with E-state index in [1.54, 1.807) is 12.1 Å². The highest BCUT2D eigenvalue weighted by molar-refractivity contribution is 6.24. The van der Waals surface area contributed by atoms with Crippen molar-refractivity contribution in [3.8, 4) is 16.9 Å². The van der Waals surface area contributed by atoms with Gasteiger partial charge in [0.1, 0.15) is 11.4 Å². The third-order valence-electron chi connectivity index (χ3n) is 4.40. The normalized spacial score (nSPS) is 12.6. The molecule has 2 aromatic heterocycles. The molecule has 0 saturated carbocycles. The molecule has 0 aliphatic carbocycles. The van der Waals surface area contributed by atoms with Crippen molar-refractivity contribution in [1.29, 1.82) is 0 Å². The fraction of sp³-hybridized carbons (Fsp3) is 0. The van der Waals surface area contributed by atoms with E-state index in [0.717, 1.165) is 44.7 Å². The second-order valence-electron chi connectivity index (χ2n) is 5.81. The van der Waals surface area contributed by atoms with Crippen LogP contribution in [-0.2, 0) is 0 Å². The van der Waals surface area contributed by atoms with Crippen LogP contribution in [0.3, 0.4) is 0 Å². The van der Waals surface area contributed by atoms with Gasteiger partial charge in [0.05, 0.1) is 11.4 Å².